The lowest BCUT2D eigenvalue weighted by molar-refractivity contribution is 0.340. The minimum absolute atomic E-state index is 0.0352. The third-order valence-electron chi connectivity index (χ3n) is 1.42. The van der Waals surface area contributed by atoms with E-state index in [-0.39, 0.29) is 17.4 Å². The van der Waals surface area contributed by atoms with Crippen molar-refractivity contribution in [2.75, 3.05) is 12.5 Å². The predicted molar refractivity (Wildman–Crippen MR) is 55.3 cm³/mol. The molecule has 0 unspecified atom stereocenters. The second-order valence-electron chi connectivity index (χ2n) is 2.42. The van der Waals surface area contributed by atoms with Crippen LogP contribution in [0.25, 0.3) is 0 Å². The molecular formula is C8H8Cl2O3S. The molecule has 0 N–H and O–H groups in total. The van der Waals surface area contributed by atoms with Gasteiger partial charge in [0.15, 0.2) is 0 Å². The van der Waals surface area contributed by atoms with E-state index in [0.717, 1.165) is 0 Å². The zero-order chi connectivity index (χ0) is 10.6. The van der Waals surface area contributed by atoms with E-state index in [9.17, 15) is 8.42 Å². The summed E-state index contributed by atoms with van der Waals surface area (Å²) < 4.78 is 27.4. The van der Waals surface area contributed by atoms with Crippen LogP contribution in [0.4, 0.5) is 0 Å². The Kier molecular flexibility index (Phi) is 4.19. The summed E-state index contributed by atoms with van der Waals surface area (Å²) in [6.45, 7) is -0.0352. The summed E-state index contributed by atoms with van der Waals surface area (Å²) in [6, 6.07) is 5.73. The first-order chi connectivity index (χ1) is 6.56. The molecule has 0 aromatic heterocycles. The van der Waals surface area contributed by atoms with Gasteiger partial charge in [0.05, 0.1) is 11.5 Å². The summed E-state index contributed by atoms with van der Waals surface area (Å²) in [5, 5.41) is 0.473. The van der Waals surface area contributed by atoms with Gasteiger partial charge in [-0.2, -0.15) is 8.42 Å². The maximum Gasteiger partial charge on any atom is 0.297 e. The van der Waals surface area contributed by atoms with E-state index in [0.29, 0.717) is 5.02 Å². The van der Waals surface area contributed by atoms with Crippen molar-refractivity contribution in [3.8, 4) is 0 Å². The smallest absolute Gasteiger partial charge is 0.265 e. The van der Waals surface area contributed by atoms with Crippen molar-refractivity contribution in [3.63, 3.8) is 0 Å². The van der Waals surface area contributed by atoms with Crippen molar-refractivity contribution in [2.45, 2.75) is 4.90 Å². The second kappa shape index (κ2) is 4.98. The molecule has 3 nitrogen and oxygen atoms in total. The van der Waals surface area contributed by atoms with Crippen LogP contribution in [0.5, 0.6) is 0 Å². The largest absolute Gasteiger partial charge is 0.297 e. The van der Waals surface area contributed by atoms with E-state index in [2.05, 4.69) is 4.18 Å². The Hall–Kier alpha value is -0.290. The van der Waals surface area contributed by atoms with Crippen LogP contribution in [0.15, 0.2) is 29.2 Å². The molecule has 0 atom stereocenters. The maximum absolute atomic E-state index is 11.4. The van der Waals surface area contributed by atoms with Gasteiger partial charge in [-0.25, -0.2) is 0 Å². The van der Waals surface area contributed by atoms with Gasteiger partial charge in [-0.1, -0.05) is 11.6 Å². The second-order valence-corrected chi connectivity index (χ2v) is 4.85. The molecule has 14 heavy (non-hydrogen) atoms. The molecule has 78 valence electrons. The molecule has 0 heterocycles. The maximum atomic E-state index is 11.4. The molecule has 0 amide bonds. The van der Waals surface area contributed by atoms with Crippen LogP contribution in [0.1, 0.15) is 0 Å². The zero-order valence-corrected chi connectivity index (χ0v) is 9.44. The molecular weight excluding hydrogens is 247 g/mol. The Morgan fingerprint density at radius 3 is 2.29 bits per heavy atom. The zero-order valence-electron chi connectivity index (χ0n) is 7.11. The van der Waals surface area contributed by atoms with Gasteiger partial charge in [0.2, 0.25) is 0 Å². The van der Waals surface area contributed by atoms with Gasteiger partial charge in [0.25, 0.3) is 10.1 Å². The van der Waals surface area contributed by atoms with Gasteiger partial charge < -0.3 is 0 Å². The Bertz CT molecular complexity index is 386. The number of hydrogen-bond donors (Lipinski definition) is 0. The van der Waals surface area contributed by atoms with Crippen LogP contribution >= 0.6 is 23.2 Å². The van der Waals surface area contributed by atoms with Crippen LogP contribution < -0.4 is 0 Å². The lowest BCUT2D eigenvalue weighted by Gasteiger charge is -2.03. The molecule has 0 saturated carbocycles. The van der Waals surface area contributed by atoms with E-state index in [1.54, 1.807) is 0 Å². The van der Waals surface area contributed by atoms with Gasteiger partial charge in [0, 0.05) is 10.9 Å². The summed E-state index contributed by atoms with van der Waals surface area (Å²) in [7, 11) is -3.68. The van der Waals surface area contributed by atoms with Crippen molar-refractivity contribution in [1.82, 2.24) is 0 Å². The molecule has 1 aromatic carbocycles. The SMILES string of the molecule is O=S(=O)(OCCCl)c1ccc(Cl)cc1. The molecule has 1 aromatic rings. The first-order valence-corrected chi connectivity index (χ1v) is 6.09. The summed E-state index contributed by atoms with van der Waals surface area (Å²) in [5.74, 6) is 0.132. The highest BCUT2D eigenvalue weighted by Gasteiger charge is 2.13. The van der Waals surface area contributed by atoms with E-state index >= 15 is 0 Å². The van der Waals surface area contributed by atoms with Crippen molar-refractivity contribution in [1.29, 1.82) is 0 Å². The van der Waals surface area contributed by atoms with Gasteiger partial charge in [0.1, 0.15) is 0 Å². The molecule has 1 rings (SSSR count). The highest BCUT2D eigenvalue weighted by molar-refractivity contribution is 7.86. The number of benzene rings is 1. The normalized spacial score (nSPS) is 11.6. The molecule has 0 fully saturated rings. The minimum atomic E-state index is -3.68. The van der Waals surface area contributed by atoms with Crippen molar-refractivity contribution < 1.29 is 12.6 Å². The third-order valence-corrected chi connectivity index (χ3v) is 3.15. The molecule has 6 heteroatoms. The number of halogens is 2. The topological polar surface area (TPSA) is 43.4 Å². The van der Waals surface area contributed by atoms with Crippen LogP contribution in [0.3, 0.4) is 0 Å². The Morgan fingerprint density at radius 2 is 1.79 bits per heavy atom. The van der Waals surface area contributed by atoms with Crippen molar-refractivity contribution in [3.05, 3.63) is 29.3 Å². The Labute approximate surface area is 92.7 Å². The Balaban J connectivity index is 2.87. The molecule has 0 saturated heterocycles. The van der Waals surface area contributed by atoms with Crippen LogP contribution in [-0.4, -0.2) is 20.9 Å². The predicted octanol–water partition coefficient (Wildman–Crippen LogP) is 2.28. The first-order valence-electron chi connectivity index (χ1n) is 3.77. The van der Waals surface area contributed by atoms with Gasteiger partial charge >= 0.3 is 0 Å². The number of hydrogen-bond acceptors (Lipinski definition) is 3. The van der Waals surface area contributed by atoms with E-state index < -0.39 is 10.1 Å². The average Bonchev–Trinajstić information content (AvgIpc) is 2.16. The van der Waals surface area contributed by atoms with E-state index in [1.165, 1.54) is 24.3 Å². The molecule has 0 aliphatic heterocycles. The van der Waals surface area contributed by atoms with Crippen LogP contribution in [0.2, 0.25) is 5.02 Å². The quantitative estimate of drug-likeness (QED) is 0.612. The van der Waals surface area contributed by atoms with Crippen molar-refractivity contribution >= 4 is 33.3 Å². The highest BCUT2D eigenvalue weighted by Crippen LogP contribution is 2.15. The summed E-state index contributed by atoms with van der Waals surface area (Å²) in [6.07, 6.45) is 0. The summed E-state index contributed by atoms with van der Waals surface area (Å²) >= 11 is 10.9. The van der Waals surface area contributed by atoms with Gasteiger partial charge in [-0.05, 0) is 24.3 Å². The standard InChI is InChI=1S/C8H8Cl2O3S/c9-5-6-13-14(11,12)8-3-1-7(10)2-4-8/h1-4H,5-6H2. The average molecular weight is 255 g/mol. The monoisotopic (exact) mass is 254 g/mol. The van der Waals surface area contributed by atoms with Crippen LogP contribution in [0, 0.1) is 0 Å². The number of alkyl halides is 1. The van der Waals surface area contributed by atoms with Crippen LogP contribution in [-0.2, 0) is 14.3 Å². The number of rotatable bonds is 4. The third kappa shape index (κ3) is 3.13. The van der Waals surface area contributed by atoms with Gasteiger partial charge in [-0.3, -0.25) is 4.18 Å². The Morgan fingerprint density at radius 1 is 1.21 bits per heavy atom. The minimum Gasteiger partial charge on any atom is -0.265 e. The lowest BCUT2D eigenvalue weighted by atomic mass is 10.4. The fourth-order valence-corrected chi connectivity index (χ4v) is 2.01. The van der Waals surface area contributed by atoms with E-state index in [4.69, 9.17) is 23.2 Å². The first kappa shape index (κ1) is 11.8. The molecule has 0 spiro atoms. The summed E-state index contributed by atoms with van der Waals surface area (Å²) in [5.41, 5.74) is 0. The van der Waals surface area contributed by atoms with Gasteiger partial charge in [-0.15, -0.1) is 11.6 Å². The fraction of sp³-hybridized carbons (Fsp3) is 0.250. The van der Waals surface area contributed by atoms with E-state index in [1.807, 2.05) is 0 Å². The fourth-order valence-electron chi connectivity index (χ4n) is 0.811. The lowest BCUT2D eigenvalue weighted by Crippen LogP contribution is -2.08. The highest BCUT2D eigenvalue weighted by atomic mass is 35.5. The van der Waals surface area contributed by atoms with Crippen molar-refractivity contribution in [2.24, 2.45) is 0 Å². The summed E-state index contributed by atoms with van der Waals surface area (Å²) in [4.78, 5) is 0.0759. The molecule has 0 radical (unpaired) electrons. The molecule has 0 aliphatic carbocycles. The molecule has 0 aliphatic rings. The molecule has 0 bridgehead atoms.